The predicted octanol–water partition coefficient (Wildman–Crippen LogP) is 4.18. The molecule has 1 saturated heterocycles. The summed E-state index contributed by atoms with van der Waals surface area (Å²) in [4.78, 5) is 4.57. The number of fused-ring (bicyclic) bond motifs is 1. The number of benzene rings is 1. The maximum absolute atomic E-state index is 6.01. The highest BCUT2D eigenvalue weighted by molar-refractivity contribution is 7.99. The highest BCUT2D eigenvalue weighted by Gasteiger charge is 2.19. The topological polar surface area (TPSA) is 17.8 Å². The molecule has 2 aromatic rings. The first-order valence-electron chi connectivity index (χ1n) is 6.06. The van der Waals surface area contributed by atoms with Gasteiger partial charge in [-0.25, -0.2) is 4.98 Å². The normalized spacial score (nSPS) is 19.8. The third-order valence-corrected chi connectivity index (χ3v) is 5.08. The molecule has 1 aliphatic heterocycles. The molecule has 1 aromatic heterocycles. The van der Waals surface area contributed by atoms with Crippen molar-refractivity contribution in [1.29, 1.82) is 0 Å². The molecule has 3 rings (SSSR count). The fourth-order valence-electron chi connectivity index (χ4n) is 2.44. The zero-order chi connectivity index (χ0) is 12.5. The van der Waals surface area contributed by atoms with Crippen LogP contribution in [-0.2, 0) is 12.4 Å². The molecule has 5 heteroatoms. The molecule has 0 aliphatic carbocycles. The van der Waals surface area contributed by atoms with Crippen LogP contribution < -0.4 is 0 Å². The maximum Gasteiger partial charge on any atom is 0.124 e. The SMILES string of the molecule is ClCc1nc2cc(Cl)ccc2n1CC1CCSC1. The molecule has 1 atom stereocenters. The number of imidazole rings is 1. The molecule has 1 unspecified atom stereocenters. The van der Waals surface area contributed by atoms with Crippen LogP contribution >= 0.6 is 35.0 Å². The van der Waals surface area contributed by atoms with Gasteiger partial charge in [-0.2, -0.15) is 11.8 Å². The lowest BCUT2D eigenvalue weighted by Gasteiger charge is -2.12. The van der Waals surface area contributed by atoms with E-state index in [9.17, 15) is 0 Å². The zero-order valence-corrected chi connectivity index (χ0v) is 12.2. The Morgan fingerprint density at radius 3 is 3.06 bits per heavy atom. The van der Waals surface area contributed by atoms with Gasteiger partial charge in [0.25, 0.3) is 0 Å². The van der Waals surface area contributed by atoms with E-state index in [1.54, 1.807) is 0 Å². The molecule has 2 nitrogen and oxygen atoms in total. The largest absolute Gasteiger partial charge is 0.327 e. The third-order valence-electron chi connectivity index (χ3n) is 3.37. The number of hydrogen-bond donors (Lipinski definition) is 0. The molecule has 0 bridgehead atoms. The lowest BCUT2D eigenvalue weighted by molar-refractivity contribution is 0.493. The molecular weight excluding hydrogens is 287 g/mol. The van der Waals surface area contributed by atoms with Crippen LogP contribution in [-0.4, -0.2) is 21.1 Å². The summed E-state index contributed by atoms with van der Waals surface area (Å²) in [6.07, 6.45) is 1.29. The maximum atomic E-state index is 6.01. The van der Waals surface area contributed by atoms with Gasteiger partial charge in [0.15, 0.2) is 0 Å². The number of aromatic nitrogens is 2. The number of rotatable bonds is 3. The first-order chi connectivity index (χ1) is 8.78. The van der Waals surface area contributed by atoms with Crippen LogP contribution in [0.15, 0.2) is 18.2 Å². The number of thioether (sulfide) groups is 1. The van der Waals surface area contributed by atoms with E-state index in [2.05, 4.69) is 9.55 Å². The quantitative estimate of drug-likeness (QED) is 0.791. The summed E-state index contributed by atoms with van der Waals surface area (Å²) in [6.45, 7) is 1.02. The van der Waals surface area contributed by atoms with Crippen molar-refractivity contribution in [2.75, 3.05) is 11.5 Å². The molecule has 0 saturated carbocycles. The van der Waals surface area contributed by atoms with E-state index in [0.29, 0.717) is 5.88 Å². The molecule has 96 valence electrons. The van der Waals surface area contributed by atoms with Crippen LogP contribution in [0.2, 0.25) is 5.02 Å². The van der Waals surface area contributed by atoms with Crippen molar-refractivity contribution in [3.8, 4) is 0 Å². The summed E-state index contributed by atoms with van der Waals surface area (Å²) in [5.41, 5.74) is 2.09. The molecule has 0 amide bonds. The van der Waals surface area contributed by atoms with Crippen molar-refractivity contribution >= 4 is 46.0 Å². The van der Waals surface area contributed by atoms with E-state index in [-0.39, 0.29) is 0 Å². The Morgan fingerprint density at radius 2 is 2.33 bits per heavy atom. The minimum atomic E-state index is 0.451. The molecule has 0 N–H and O–H groups in total. The van der Waals surface area contributed by atoms with E-state index < -0.39 is 0 Å². The molecular formula is C13H14Cl2N2S. The molecule has 1 fully saturated rings. The average molecular weight is 301 g/mol. The Hall–Kier alpha value is -0.380. The van der Waals surface area contributed by atoms with E-state index in [0.717, 1.165) is 34.3 Å². The Morgan fingerprint density at radius 1 is 1.44 bits per heavy atom. The van der Waals surface area contributed by atoms with E-state index >= 15 is 0 Å². The van der Waals surface area contributed by atoms with Crippen LogP contribution in [0.3, 0.4) is 0 Å². The number of halogens is 2. The molecule has 1 aromatic carbocycles. The highest BCUT2D eigenvalue weighted by Crippen LogP contribution is 2.28. The van der Waals surface area contributed by atoms with Gasteiger partial charge in [-0.15, -0.1) is 11.6 Å². The second kappa shape index (κ2) is 5.32. The van der Waals surface area contributed by atoms with E-state index in [1.165, 1.54) is 17.9 Å². The average Bonchev–Trinajstić information content (AvgIpc) is 2.97. The van der Waals surface area contributed by atoms with E-state index in [1.807, 2.05) is 30.0 Å². The molecule has 0 radical (unpaired) electrons. The monoisotopic (exact) mass is 300 g/mol. The summed E-state index contributed by atoms with van der Waals surface area (Å²) in [6, 6.07) is 5.87. The van der Waals surface area contributed by atoms with Gasteiger partial charge in [0.1, 0.15) is 5.82 Å². The Bertz CT molecular complexity index is 561. The Labute approximate surface area is 121 Å². The van der Waals surface area contributed by atoms with E-state index in [4.69, 9.17) is 23.2 Å². The first kappa shape index (κ1) is 12.6. The van der Waals surface area contributed by atoms with Crippen molar-refractivity contribution in [3.05, 3.63) is 29.0 Å². The van der Waals surface area contributed by atoms with Gasteiger partial charge in [-0.1, -0.05) is 11.6 Å². The van der Waals surface area contributed by atoms with Crippen molar-refractivity contribution in [3.63, 3.8) is 0 Å². The minimum Gasteiger partial charge on any atom is -0.327 e. The second-order valence-corrected chi connectivity index (χ2v) is 6.49. The summed E-state index contributed by atoms with van der Waals surface area (Å²) < 4.78 is 2.26. The summed E-state index contributed by atoms with van der Waals surface area (Å²) >= 11 is 14.1. The molecule has 2 heterocycles. The van der Waals surface area contributed by atoms with Crippen molar-refractivity contribution in [2.45, 2.75) is 18.8 Å². The van der Waals surface area contributed by atoms with Crippen molar-refractivity contribution < 1.29 is 0 Å². The Kier molecular flexibility index (Phi) is 3.73. The number of nitrogens with zero attached hydrogens (tertiary/aromatic N) is 2. The fraction of sp³-hybridized carbons (Fsp3) is 0.462. The van der Waals surface area contributed by atoms with Crippen LogP contribution in [0, 0.1) is 5.92 Å². The lowest BCUT2D eigenvalue weighted by atomic mass is 10.1. The number of hydrogen-bond acceptors (Lipinski definition) is 2. The van der Waals surface area contributed by atoms with Gasteiger partial charge in [-0.3, -0.25) is 0 Å². The minimum absolute atomic E-state index is 0.451. The molecule has 18 heavy (non-hydrogen) atoms. The van der Waals surface area contributed by atoms with Gasteiger partial charge >= 0.3 is 0 Å². The van der Waals surface area contributed by atoms with Gasteiger partial charge in [0.2, 0.25) is 0 Å². The molecule has 0 spiro atoms. The lowest BCUT2D eigenvalue weighted by Crippen LogP contribution is -2.12. The van der Waals surface area contributed by atoms with Gasteiger partial charge in [-0.05, 0) is 42.0 Å². The van der Waals surface area contributed by atoms with Gasteiger partial charge in [0.05, 0.1) is 16.9 Å². The predicted molar refractivity (Wildman–Crippen MR) is 79.7 cm³/mol. The van der Waals surface area contributed by atoms with Gasteiger partial charge in [0, 0.05) is 11.6 Å². The van der Waals surface area contributed by atoms with Crippen LogP contribution in [0.5, 0.6) is 0 Å². The standard InChI is InChI=1S/C13H14Cl2N2S/c14-6-13-16-11-5-10(15)1-2-12(11)17(13)7-9-3-4-18-8-9/h1-2,5,9H,3-4,6-8H2. The second-order valence-electron chi connectivity index (χ2n) is 4.63. The first-order valence-corrected chi connectivity index (χ1v) is 8.13. The summed E-state index contributed by atoms with van der Waals surface area (Å²) in [5, 5.41) is 0.727. The van der Waals surface area contributed by atoms with Crippen molar-refractivity contribution in [1.82, 2.24) is 9.55 Å². The van der Waals surface area contributed by atoms with Crippen LogP contribution in [0.25, 0.3) is 11.0 Å². The Balaban J connectivity index is 2.01. The third kappa shape index (κ3) is 2.36. The summed E-state index contributed by atoms with van der Waals surface area (Å²) in [5.74, 6) is 4.66. The molecule has 1 aliphatic rings. The van der Waals surface area contributed by atoms with Crippen molar-refractivity contribution in [2.24, 2.45) is 5.92 Å². The van der Waals surface area contributed by atoms with Gasteiger partial charge < -0.3 is 4.57 Å². The van der Waals surface area contributed by atoms with Crippen LogP contribution in [0.1, 0.15) is 12.2 Å². The fourth-order valence-corrected chi connectivity index (χ4v) is 4.09. The highest BCUT2D eigenvalue weighted by atomic mass is 35.5. The zero-order valence-electron chi connectivity index (χ0n) is 9.90. The van der Waals surface area contributed by atoms with Crippen LogP contribution in [0.4, 0.5) is 0 Å². The smallest absolute Gasteiger partial charge is 0.124 e. The summed E-state index contributed by atoms with van der Waals surface area (Å²) in [7, 11) is 0. The number of alkyl halides is 1.